The third-order valence-corrected chi connectivity index (χ3v) is 4.30. The fourth-order valence-corrected chi connectivity index (χ4v) is 3.24. The maximum absolute atomic E-state index is 11.9. The molecule has 0 aliphatic carbocycles. The lowest BCUT2D eigenvalue weighted by Crippen LogP contribution is -2.43. The largest absolute Gasteiger partial charge is 0.345 e. The quantitative estimate of drug-likeness (QED) is 0.773. The molecule has 1 aliphatic heterocycles. The summed E-state index contributed by atoms with van der Waals surface area (Å²) >= 11 is 4.53. The van der Waals surface area contributed by atoms with Crippen LogP contribution in [0.4, 0.5) is 4.79 Å². The van der Waals surface area contributed by atoms with E-state index in [0.717, 1.165) is 10.2 Å². The van der Waals surface area contributed by atoms with Gasteiger partial charge in [-0.15, -0.1) is 0 Å². The van der Waals surface area contributed by atoms with Crippen LogP contribution in [-0.2, 0) is 11.8 Å². The van der Waals surface area contributed by atoms with Crippen LogP contribution in [0.3, 0.4) is 0 Å². The van der Waals surface area contributed by atoms with Crippen molar-refractivity contribution in [1.29, 1.82) is 0 Å². The molecular formula is C12H15BrN4O3S. The Hall–Kier alpha value is -1.48. The van der Waals surface area contributed by atoms with Crippen molar-refractivity contribution in [2.75, 3.05) is 18.8 Å². The monoisotopic (exact) mass is 374 g/mol. The van der Waals surface area contributed by atoms with Gasteiger partial charge in [-0.05, 0) is 22.0 Å². The van der Waals surface area contributed by atoms with E-state index in [9.17, 15) is 14.4 Å². The van der Waals surface area contributed by atoms with Crippen molar-refractivity contribution < 1.29 is 14.4 Å². The minimum atomic E-state index is -0.399. The second-order valence-corrected chi connectivity index (χ2v) is 6.47. The first-order valence-corrected chi connectivity index (χ1v) is 8.08. The summed E-state index contributed by atoms with van der Waals surface area (Å²) in [7, 11) is 1.73. The van der Waals surface area contributed by atoms with Crippen LogP contribution in [0.1, 0.15) is 16.9 Å². The summed E-state index contributed by atoms with van der Waals surface area (Å²) in [5.74, 6) is 0.0326. The molecular weight excluding hydrogens is 360 g/mol. The molecule has 1 aromatic rings. The first kappa shape index (κ1) is 15.9. The van der Waals surface area contributed by atoms with Crippen molar-refractivity contribution in [2.45, 2.75) is 6.42 Å². The number of aromatic nitrogens is 1. The van der Waals surface area contributed by atoms with Crippen LogP contribution in [0.5, 0.6) is 0 Å². The number of nitrogens with zero attached hydrogens (tertiary/aromatic N) is 2. The Balaban J connectivity index is 1.75. The van der Waals surface area contributed by atoms with Crippen molar-refractivity contribution >= 4 is 44.7 Å². The fourth-order valence-electron chi connectivity index (χ4n) is 1.87. The molecule has 0 radical (unpaired) electrons. The number of rotatable bonds is 4. The highest BCUT2D eigenvalue weighted by Gasteiger charge is 2.21. The molecule has 1 aliphatic rings. The number of amides is 3. The Labute approximate surface area is 134 Å². The number of carbonyl (C=O) groups is 3. The number of hydrogen-bond acceptors (Lipinski definition) is 4. The third-order valence-electron chi connectivity index (χ3n) is 2.97. The van der Waals surface area contributed by atoms with E-state index in [1.165, 1.54) is 11.8 Å². The van der Waals surface area contributed by atoms with E-state index in [0.29, 0.717) is 18.8 Å². The highest BCUT2D eigenvalue weighted by molar-refractivity contribution is 9.10. The predicted molar refractivity (Wildman–Crippen MR) is 82.8 cm³/mol. The molecule has 21 heavy (non-hydrogen) atoms. The standard InChI is InChI=1S/C12H15BrN4O3S/c1-16-7-8(13)6-9(16)11(19)15-14-10(18)2-3-17-4-5-21-12(17)20/h6-7H,2-5H2,1H3,(H,14,18)(H,15,19). The van der Waals surface area contributed by atoms with E-state index < -0.39 is 5.91 Å². The third kappa shape index (κ3) is 4.24. The molecule has 0 unspecified atom stereocenters. The Kier molecular flexibility index (Phi) is 5.29. The summed E-state index contributed by atoms with van der Waals surface area (Å²) in [6.45, 7) is 1.03. The van der Waals surface area contributed by atoms with Crippen molar-refractivity contribution in [3.05, 3.63) is 22.4 Å². The van der Waals surface area contributed by atoms with Gasteiger partial charge in [-0.1, -0.05) is 11.8 Å². The second kappa shape index (κ2) is 6.99. The van der Waals surface area contributed by atoms with Gasteiger partial charge in [0.25, 0.3) is 11.1 Å². The molecule has 2 heterocycles. The lowest BCUT2D eigenvalue weighted by Gasteiger charge is -2.14. The van der Waals surface area contributed by atoms with Gasteiger partial charge < -0.3 is 9.47 Å². The maximum atomic E-state index is 11.9. The molecule has 0 bridgehead atoms. The van der Waals surface area contributed by atoms with Crippen LogP contribution in [0.25, 0.3) is 0 Å². The molecule has 7 nitrogen and oxygen atoms in total. The zero-order chi connectivity index (χ0) is 15.4. The van der Waals surface area contributed by atoms with Crippen molar-refractivity contribution in [1.82, 2.24) is 20.3 Å². The van der Waals surface area contributed by atoms with Gasteiger partial charge in [0.15, 0.2) is 0 Å². The number of hydrazine groups is 1. The van der Waals surface area contributed by atoms with Gasteiger partial charge in [-0.3, -0.25) is 25.2 Å². The molecule has 3 amide bonds. The SMILES string of the molecule is Cn1cc(Br)cc1C(=O)NNC(=O)CCN1CCSC1=O. The average molecular weight is 375 g/mol. The average Bonchev–Trinajstić information content (AvgIpc) is 2.99. The van der Waals surface area contributed by atoms with Crippen LogP contribution in [0, 0.1) is 0 Å². The number of carbonyl (C=O) groups excluding carboxylic acids is 3. The summed E-state index contributed by atoms with van der Waals surface area (Å²) in [5.41, 5.74) is 5.12. The van der Waals surface area contributed by atoms with Gasteiger partial charge in [-0.25, -0.2) is 0 Å². The smallest absolute Gasteiger partial charge is 0.286 e. The van der Waals surface area contributed by atoms with Crippen LogP contribution in [-0.4, -0.2) is 45.4 Å². The number of hydrogen-bond donors (Lipinski definition) is 2. The molecule has 1 saturated heterocycles. The van der Waals surface area contributed by atoms with Gasteiger partial charge in [0.2, 0.25) is 5.91 Å². The van der Waals surface area contributed by atoms with E-state index in [2.05, 4.69) is 26.8 Å². The first-order valence-electron chi connectivity index (χ1n) is 6.30. The maximum Gasteiger partial charge on any atom is 0.286 e. The highest BCUT2D eigenvalue weighted by Crippen LogP contribution is 2.17. The molecule has 2 rings (SSSR count). The molecule has 0 aromatic carbocycles. The van der Waals surface area contributed by atoms with Gasteiger partial charge in [0.05, 0.1) is 0 Å². The topological polar surface area (TPSA) is 83.4 Å². The minimum absolute atomic E-state index is 0.000459. The molecule has 114 valence electrons. The van der Waals surface area contributed by atoms with Gasteiger partial charge >= 0.3 is 0 Å². The zero-order valence-corrected chi connectivity index (χ0v) is 13.8. The van der Waals surface area contributed by atoms with E-state index >= 15 is 0 Å². The summed E-state index contributed by atoms with van der Waals surface area (Å²) in [4.78, 5) is 36.5. The van der Waals surface area contributed by atoms with Gasteiger partial charge in [0, 0.05) is 43.0 Å². The van der Waals surface area contributed by atoms with E-state index in [-0.39, 0.29) is 17.6 Å². The molecule has 0 saturated carbocycles. The fraction of sp³-hybridized carbons (Fsp3) is 0.417. The molecule has 1 fully saturated rings. The van der Waals surface area contributed by atoms with Crippen LogP contribution in [0.2, 0.25) is 0 Å². The molecule has 1 aromatic heterocycles. The summed E-state index contributed by atoms with van der Waals surface area (Å²) in [6, 6.07) is 1.65. The van der Waals surface area contributed by atoms with E-state index in [4.69, 9.17) is 0 Å². The van der Waals surface area contributed by atoms with Crippen molar-refractivity contribution in [3.63, 3.8) is 0 Å². The van der Waals surface area contributed by atoms with Gasteiger partial charge in [-0.2, -0.15) is 0 Å². The van der Waals surface area contributed by atoms with Crippen LogP contribution < -0.4 is 10.9 Å². The zero-order valence-electron chi connectivity index (χ0n) is 11.4. The van der Waals surface area contributed by atoms with Crippen molar-refractivity contribution in [2.24, 2.45) is 7.05 Å². The molecule has 0 atom stereocenters. The van der Waals surface area contributed by atoms with E-state index in [1.54, 1.807) is 28.8 Å². The molecule has 0 spiro atoms. The minimum Gasteiger partial charge on any atom is -0.345 e. The Morgan fingerprint density at radius 3 is 2.76 bits per heavy atom. The lowest BCUT2D eigenvalue weighted by atomic mass is 10.4. The second-order valence-electron chi connectivity index (χ2n) is 4.51. The Bertz CT molecular complexity index is 575. The summed E-state index contributed by atoms with van der Waals surface area (Å²) in [6.07, 6.45) is 1.90. The number of aryl methyl sites for hydroxylation is 1. The normalized spacial score (nSPS) is 14.4. The number of nitrogens with one attached hydrogen (secondary N) is 2. The lowest BCUT2D eigenvalue weighted by molar-refractivity contribution is -0.122. The highest BCUT2D eigenvalue weighted by atomic mass is 79.9. The van der Waals surface area contributed by atoms with Crippen molar-refractivity contribution in [3.8, 4) is 0 Å². The van der Waals surface area contributed by atoms with Gasteiger partial charge in [0.1, 0.15) is 5.69 Å². The summed E-state index contributed by atoms with van der Waals surface area (Å²) in [5, 5.41) is 0.000459. The first-order chi connectivity index (χ1) is 9.97. The predicted octanol–water partition coefficient (Wildman–Crippen LogP) is 1.11. The van der Waals surface area contributed by atoms with Crippen LogP contribution >= 0.6 is 27.7 Å². The van der Waals surface area contributed by atoms with E-state index in [1.807, 2.05) is 0 Å². The molecule has 9 heteroatoms. The Morgan fingerprint density at radius 1 is 1.43 bits per heavy atom. The van der Waals surface area contributed by atoms with Crippen LogP contribution in [0.15, 0.2) is 16.7 Å². The summed E-state index contributed by atoms with van der Waals surface area (Å²) < 4.78 is 2.43. The Morgan fingerprint density at radius 2 is 2.19 bits per heavy atom. The molecule has 2 N–H and O–H groups in total. The number of thioether (sulfide) groups is 1. The number of halogens is 1.